The lowest BCUT2D eigenvalue weighted by Gasteiger charge is -2.10. The highest BCUT2D eigenvalue weighted by Gasteiger charge is 2.56. The number of benzene rings is 2. The number of anilines is 1. The molecular formula is C16H13Cl2NOS. The monoisotopic (exact) mass is 337 g/mol. The molecule has 1 fully saturated rings. The first-order valence-electron chi connectivity index (χ1n) is 6.57. The van der Waals surface area contributed by atoms with Crippen molar-refractivity contribution in [1.29, 1.82) is 0 Å². The number of hydrogen-bond acceptors (Lipinski definition) is 2. The first kappa shape index (κ1) is 14.8. The third kappa shape index (κ3) is 3.54. The Morgan fingerprint density at radius 2 is 1.71 bits per heavy atom. The average molecular weight is 338 g/mol. The summed E-state index contributed by atoms with van der Waals surface area (Å²) in [6.45, 7) is 0. The van der Waals surface area contributed by atoms with Crippen molar-refractivity contribution in [2.75, 3.05) is 5.32 Å². The van der Waals surface area contributed by atoms with Crippen LogP contribution in [0, 0.1) is 5.92 Å². The fourth-order valence-electron chi connectivity index (χ4n) is 1.99. The summed E-state index contributed by atoms with van der Waals surface area (Å²) >= 11 is 13.5. The van der Waals surface area contributed by atoms with Crippen molar-refractivity contribution in [2.24, 2.45) is 5.92 Å². The minimum Gasteiger partial charge on any atom is -0.325 e. The molecule has 0 heterocycles. The Morgan fingerprint density at radius 1 is 1.10 bits per heavy atom. The molecule has 108 valence electrons. The molecule has 0 radical (unpaired) electrons. The molecule has 21 heavy (non-hydrogen) atoms. The Morgan fingerprint density at radius 3 is 2.38 bits per heavy atom. The van der Waals surface area contributed by atoms with E-state index in [1.165, 1.54) is 0 Å². The summed E-state index contributed by atoms with van der Waals surface area (Å²) in [5, 5.41) is 2.92. The van der Waals surface area contributed by atoms with Gasteiger partial charge in [-0.1, -0.05) is 42.1 Å². The molecule has 2 nitrogen and oxygen atoms in total. The minimum atomic E-state index is -0.897. The number of alkyl halides is 2. The molecule has 0 saturated heterocycles. The Bertz CT molecular complexity index is 660. The number of carbonyl (C=O) groups excluding carboxylic acids is 1. The summed E-state index contributed by atoms with van der Waals surface area (Å²) in [4.78, 5) is 14.2. The van der Waals surface area contributed by atoms with Crippen LogP contribution in [0.1, 0.15) is 6.42 Å². The fraction of sp³-hybridized carbons (Fsp3) is 0.188. The molecule has 1 saturated carbocycles. The van der Waals surface area contributed by atoms with E-state index < -0.39 is 4.33 Å². The van der Waals surface area contributed by atoms with Gasteiger partial charge in [0.2, 0.25) is 5.91 Å². The highest BCUT2D eigenvalue weighted by molar-refractivity contribution is 7.99. The summed E-state index contributed by atoms with van der Waals surface area (Å²) in [5.41, 5.74) is 0.785. The standard InChI is InChI=1S/C16H13Cl2NOS/c17-16(18)10-12(16)15(20)19-13-8-4-5-9-14(13)21-11-6-2-1-3-7-11/h1-9,12H,10H2,(H,19,20). The molecule has 2 aromatic carbocycles. The molecule has 1 atom stereocenters. The Hall–Kier alpha value is -1.16. The predicted molar refractivity (Wildman–Crippen MR) is 88.2 cm³/mol. The van der Waals surface area contributed by atoms with Gasteiger partial charge in [-0.2, -0.15) is 0 Å². The molecule has 0 bridgehead atoms. The van der Waals surface area contributed by atoms with E-state index in [1.807, 2.05) is 54.6 Å². The van der Waals surface area contributed by atoms with Gasteiger partial charge in [0.1, 0.15) is 4.33 Å². The second-order valence-electron chi connectivity index (χ2n) is 4.92. The normalized spacial score (nSPS) is 19.0. The lowest BCUT2D eigenvalue weighted by Crippen LogP contribution is -2.17. The summed E-state index contributed by atoms with van der Waals surface area (Å²) < 4.78 is -0.897. The second-order valence-corrected chi connectivity index (χ2v) is 7.58. The number of amides is 1. The van der Waals surface area contributed by atoms with Gasteiger partial charge in [-0.25, -0.2) is 0 Å². The van der Waals surface area contributed by atoms with E-state index in [0.717, 1.165) is 15.5 Å². The zero-order chi connectivity index (χ0) is 14.9. The van der Waals surface area contributed by atoms with Crippen molar-refractivity contribution in [3.63, 3.8) is 0 Å². The molecule has 1 amide bonds. The van der Waals surface area contributed by atoms with Crippen LogP contribution in [0.5, 0.6) is 0 Å². The zero-order valence-electron chi connectivity index (χ0n) is 11.1. The van der Waals surface area contributed by atoms with Gasteiger partial charge < -0.3 is 5.32 Å². The third-order valence-corrected chi connectivity index (χ3v) is 5.18. The highest BCUT2D eigenvalue weighted by Crippen LogP contribution is 2.53. The van der Waals surface area contributed by atoms with Gasteiger partial charge in [0, 0.05) is 9.79 Å². The van der Waals surface area contributed by atoms with E-state index in [1.54, 1.807) is 11.8 Å². The number of nitrogens with one attached hydrogen (secondary N) is 1. The maximum absolute atomic E-state index is 12.1. The lowest BCUT2D eigenvalue weighted by atomic mass is 10.3. The van der Waals surface area contributed by atoms with E-state index in [0.29, 0.717) is 6.42 Å². The van der Waals surface area contributed by atoms with Crippen LogP contribution in [-0.2, 0) is 4.79 Å². The molecule has 5 heteroatoms. The van der Waals surface area contributed by atoms with Crippen molar-refractivity contribution < 1.29 is 4.79 Å². The van der Waals surface area contributed by atoms with E-state index >= 15 is 0 Å². The van der Waals surface area contributed by atoms with Crippen LogP contribution >= 0.6 is 35.0 Å². The van der Waals surface area contributed by atoms with Gasteiger partial charge in [-0.3, -0.25) is 4.79 Å². The van der Waals surface area contributed by atoms with Gasteiger partial charge in [0.05, 0.1) is 11.6 Å². The number of para-hydroxylation sites is 1. The Kier molecular flexibility index (Phi) is 4.16. The molecule has 2 aromatic rings. The molecule has 0 spiro atoms. The van der Waals surface area contributed by atoms with Crippen molar-refractivity contribution >= 4 is 46.6 Å². The number of hydrogen-bond donors (Lipinski definition) is 1. The Balaban J connectivity index is 1.75. The summed E-state index contributed by atoms with van der Waals surface area (Å²) in [6.07, 6.45) is 0.510. The molecule has 1 aliphatic rings. The molecule has 0 aromatic heterocycles. The van der Waals surface area contributed by atoms with Crippen molar-refractivity contribution in [2.45, 2.75) is 20.5 Å². The first-order valence-corrected chi connectivity index (χ1v) is 8.14. The van der Waals surface area contributed by atoms with Crippen LogP contribution in [0.2, 0.25) is 0 Å². The number of halogens is 2. The maximum atomic E-state index is 12.1. The van der Waals surface area contributed by atoms with Crippen LogP contribution in [0.15, 0.2) is 64.4 Å². The van der Waals surface area contributed by atoms with E-state index in [4.69, 9.17) is 23.2 Å². The minimum absolute atomic E-state index is 0.124. The third-order valence-electron chi connectivity index (χ3n) is 3.26. The van der Waals surface area contributed by atoms with Gasteiger partial charge in [0.15, 0.2) is 0 Å². The summed E-state index contributed by atoms with van der Waals surface area (Å²) in [7, 11) is 0. The largest absolute Gasteiger partial charge is 0.325 e. The van der Waals surface area contributed by atoms with Gasteiger partial charge in [-0.05, 0) is 30.7 Å². The molecule has 1 N–H and O–H groups in total. The number of rotatable bonds is 4. The second kappa shape index (κ2) is 5.91. The maximum Gasteiger partial charge on any atom is 0.230 e. The highest BCUT2D eigenvalue weighted by atomic mass is 35.5. The topological polar surface area (TPSA) is 29.1 Å². The van der Waals surface area contributed by atoms with Crippen LogP contribution in [-0.4, -0.2) is 10.2 Å². The van der Waals surface area contributed by atoms with E-state index in [-0.39, 0.29) is 11.8 Å². The average Bonchev–Trinajstić information content (AvgIpc) is 3.11. The predicted octanol–water partition coefficient (Wildman–Crippen LogP) is 4.97. The molecule has 1 aliphatic carbocycles. The van der Waals surface area contributed by atoms with Crippen LogP contribution < -0.4 is 5.32 Å². The van der Waals surface area contributed by atoms with Crippen LogP contribution in [0.4, 0.5) is 5.69 Å². The number of carbonyl (C=O) groups is 1. The van der Waals surface area contributed by atoms with Gasteiger partial charge >= 0.3 is 0 Å². The van der Waals surface area contributed by atoms with Gasteiger partial charge in [0.25, 0.3) is 0 Å². The zero-order valence-corrected chi connectivity index (χ0v) is 13.4. The van der Waals surface area contributed by atoms with Crippen LogP contribution in [0.3, 0.4) is 0 Å². The first-order chi connectivity index (χ1) is 10.1. The molecular weight excluding hydrogens is 325 g/mol. The summed E-state index contributed by atoms with van der Waals surface area (Å²) in [6, 6.07) is 17.7. The van der Waals surface area contributed by atoms with Crippen molar-refractivity contribution in [3.8, 4) is 0 Å². The molecule has 0 aliphatic heterocycles. The quantitative estimate of drug-likeness (QED) is 0.798. The van der Waals surface area contributed by atoms with Crippen molar-refractivity contribution in [3.05, 3.63) is 54.6 Å². The SMILES string of the molecule is O=C(Nc1ccccc1Sc1ccccc1)C1CC1(Cl)Cl. The molecule has 3 rings (SSSR count). The molecule has 1 unspecified atom stereocenters. The smallest absolute Gasteiger partial charge is 0.230 e. The van der Waals surface area contributed by atoms with E-state index in [9.17, 15) is 4.79 Å². The lowest BCUT2D eigenvalue weighted by molar-refractivity contribution is -0.117. The van der Waals surface area contributed by atoms with Gasteiger partial charge in [-0.15, -0.1) is 23.2 Å². The van der Waals surface area contributed by atoms with Crippen molar-refractivity contribution in [1.82, 2.24) is 0 Å². The Labute approximate surface area is 137 Å². The summed E-state index contributed by atoms with van der Waals surface area (Å²) in [5.74, 6) is -0.447. The van der Waals surface area contributed by atoms with E-state index in [2.05, 4.69) is 5.32 Å². The van der Waals surface area contributed by atoms with Crippen LogP contribution in [0.25, 0.3) is 0 Å². The fourth-order valence-corrected chi connectivity index (χ4v) is 3.42.